The highest BCUT2D eigenvalue weighted by Crippen LogP contribution is 2.64. The van der Waals surface area contributed by atoms with E-state index in [1.807, 2.05) is 0 Å². The normalized spacial score (nSPS) is 52.3. The molecule has 116 valence electrons. The van der Waals surface area contributed by atoms with Crippen molar-refractivity contribution in [1.29, 1.82) is 0 Å². The first-order valence-electron chi connectivity index (χ1n) is 8.74. The summed E-state index contributed by atoms with van der Waals surface area (Å²) >= 11 is 0. The van der Waals surface area contributed by atoms with Crippen molar-refractivity contribution in [2.45, 2.75) is 64.9 Å². The Hall–Kier alpha value is -0.760. The fraction of sp³-hybridized carbons (Fsp3) is 0.789. The lowest BCUT2D eigenvalue weighted by Crippen LogP contribution is -2.50. The maximum Gasteiger partial charge on any atom is 0.0960 e. The molecule has 0 aromatic rings. The molecular formula is C19H28O2. The molecule has 0 heterocycles. The van der Waals surface area contributed by atoms with Crippen molar-refractivity contribution in [2.24, 2.45) is 28.6 Å². The Kier molecular flexibility index (Phi) is 2.89. The SMILES string of the molecule is C[C@]12CC[C@H]3[C@@H](CCC4=C(O)CC=C[C@@]43C)[C@@H]1CC[C@H]2O. The lowest BCUT2D eigenvalue weighted by molar-refractivity contribution is -0.0626. The molecule has 4 rings (SSSR count). The first-order valence-corrected chi connectivity index (χ1v) is 8.74. The molecule has 0 spiro atoms. The number of hydrogen-bond donors (Lipinski definition) is 2. The van der Waals surface area contributed by atoms with Crippen LogP contribution >= 0.6 is 0 Å². The minimum atomic E-state index is -0.0940. The molecule has 21 heavy (non-hydrogen) atoms. The van der Waals surface area contributed by atoms with Crippen LogP contribution in [-0.4, -0.2) is 16.3 Å². The van der Waals surface area contributed by atoms with E-state index in [-0.39, 0.29) is 16.9 Å². The van der Waals surface area contributed by atoms with E-state index in [4.69, 9.17) is 0 Å². The van der Waals surface area contributed by atoms with Crippen LogP contribution in [0.5, 0.6) is 0 Å². The second-order valence-corrected chi connectivity index (χ2v) is 8.37. The summed E-state index contributed by atoms with van der Waals surface area (Å²) in [6, 6.07) is 0. The highest BCUT2D eigenvalue weighted by molar-refractivity contribution is 5.33. The third-order valence-electron chi connectivity index (χ3n) is 7.66. The van der Waals surface area contributed by atoms with Gasteiger partial charge in [0.2, 0.25) is 0 Å². The van der Waals surface area contributed by atoms with E-state index in [1.165, 1.54) is 24.8 Å². The van der Waals surface area contributed by atoms with Gasteiger partial charge in [-0.05, 0) is 67.3 Å². The molecule has 6 atom stereocenters. The van der Waals surface area contributed by atoms with Crippen molar-refractivity contribution in [3.05, 3.63) is 23.5 Å². The Morgan fingerprint density at radius 1 is 1.10 bits per heavy atom. The highest BCUT2D eigenvalue weighted by atomic mass is 16.3. The predicted octanol–water partition coefficient (Wildman–Crippen LogP) is 4.36. The van der Waals surface area contributed by atoms with Gasteiger partial charge in [-0.1, -0.05) is 26.0 Å². The molecule has 0 aromatic heterocycles. The molecule has 3 fully saturated rings. The zero-order chi connectivity index (χ0) is 14.8. The van der Waals surface area contributed by atoms with Crippen molar-refractivity contribution >= 4 is 0 Å². The summed E-state index contributed by atoms with van der Waals surface area (Å²) < 4.78 is 0. The van der Waals surface area contributed by atoms with Gasteiger partial charge >= 0.3 is 0 Å². The molecule has 0 aliphatic heterocycles. The summed E-state index contributed by atoms with van der Waals surface area (Å²) in [7, 11) is 0. The molecular weight excluding hydrogens is 260 g/mol. The third kappa shape index (κ3) is 1.69. The monoisotopic (exact) mass is 288 g/mol. The lowest BCUT2D eigenvalue weighted by atomic mass is 9.48. The Bertz CT molecular complexity index is 520. The average Bonchev–Trinajstić information content (AvgIpc) is 2.75. The van der Waals surface area contributed by atoms with Crippen LogP contribution < -0.4 is 0 Å². The number of fused-ring (bicyclic) bond motifs is 5. The molecule has 0 unspecified atom stereocenters. The van der Waals surface area contributed by atoms with Gasteiger partial charge in [0.15, 0.2) is 0 Å². The summed E-state index contributed by atoms with van der Waals surface area (Å²) in [5, 5.41) is 20.8. The molecule has 2 nitrogen and oxygen atoms in total. The summed E-state index contributed by atoms with van der Waals surface area (Å²) in [4.78, 5) is 0. The van der Waals surface area contributed by atoms with Crippen LogP contribution in [0.3, 0.4) is 0 Å². The zero-order valence-corrected chi connectivity index (χ0v) is 13.3. The van der Waals surface area contributed by atoms with E-state index in [1.54, 1.807) is 0 Å². The van der Waals surface area contributed by atoms with Gasteiger partial charge in [0.05, 0.1) is 11.9 Å². The van der Waals surface area contributed by atoms with Crippen molar-refractivity contribution < 1.29 is 10.2 Å². The first kappa shape index (κ1) is 13.9. The van der Waals surface area contributed by atoms with Crippen LogP contribution in [0.4, 0.5) is 0 Å². The first-order chi connectivity index (χ1) is 9.97. The summed E-state index contributed by atoms with van der Waals surface area (Å²) in [6.07, 6.45) is 12.0. The van der Waals surface area contributed by atoms with Gasteiger partial charge in [-0.25, -0.2) is 0 Å². The van der Waals surface area contributed by atoms with Gasteiger partial charge in [0, 0.05) is 11.8 Å². The van der Waals surface area contributed by atoms with Gasteiger partial charge in [-0.3, -0.25) is 0 Å². The Balaban J connectivity index is 1.72. The average molecular weight is 288 g/mol. The second kappa shape index (κ2) is 4.38. The van der Waals surface area contributed by atoms with Crippen molar-refractivity contribution in [3.8, 4) is 0 Å². The van der Waals surface area contributed by atoms with Gasteiger partial charge in [-0.2, -0.15) is 0 Å². The van der Waals surface area contributed by atoms with Crippen molar-refractivity contribution in [1.82, 2.24) is 0 Å². The number of hydrogen-bond acceptors (Lipinski definition) is 2. The van der Waals surface area contributed by atoms with Crippen LogP contribution in [0.1, 0.15) is 58.8 Å². The zero-order valence-electron chi connectivity index (χ0n) is 13.3. The van der Waals surface area contributed by atoms with Crippen LogP contribution in [0.15, 0.2) is 23.5 Å². The Labute approximate surface area is 127 Å². The van der Waals surface area contributed by atoms with Gasteiger partial charge in [0.25, 0.3) is 0 Å². The molecule has 0 bridgehead atoms. The van der Waals surface area contributed by atoms with Crippen molar-refractivity contribution in [2.75, 3.05) is 0 Å². The molecule has 3 saturated carbocycles. The lowest BCUT2D eigenvalue weighted by Gasteiger charge is -2.56. The summed E-state index contributed by atoms with van der Waals surface area (Å²) in [5.74, 6) is 2.70. The van der Waals surface area contributed by atoms with Gasteiger partial charge < -0.3 is 10.2 Å². The van der Waals surface area contributed by atoms with E-state index >= 15 is 0 Å². The maximum atomic E-state index is 10.4. The van der Waals surface area contributed by atoms with E-state index < -0.39 is 0 Å². The molecule has 2 N–H and O–H groups in total. The van der Waals surface area contributed by atoms with E-state index in [0.717, 1.165) is 31.6 Å². The summed E-state index contributed by atoms with van der Waals surface area (Å²) in [6.45, 7) is 4.67. The number of allylic oxidation sites excluding steroid dienone is 3. The standard InChI is InChI=1S/C19H28O2/c1-18-10-3-4-16(20)15(18)6-5-12-13-7-8-17(21)19(13,2)11-9-14(12)18/h3,10,12-14,17,20-21H,4-9,11H2,1-2H3/t12-,13-,14-,17+,18+,19-/m0/s1. The van der Waals surface area contributed by atoms with Gasteiger partial charge in [0.1, 0.15) is 0 Å². The van der Waals surface area contributed by atoms with Crippen LogP contribution in [0.25, 0.3) is 0 Å². The van der Waals surface area contributed by atoms with Crippen molar-refractivity contribution in [3.63, 3.8) is 0 Å². The second-order valence-electron chi connectivity index (χ2n) is 8.37. The topological polar surface area (TPSA) is 40.5 Å². The third-order valence-corrected chi connectivity index (χ3v) is 7.66. The Morgan fingerprint density at radius 3 is 2.71 bits per heavy atom. The molecule has 0 aromatic carbocycles. The smallest absolute Gasteiger partial charge is 0.0960 e. The van der Waals surface area contributed by atoms with Crippen LogP contribution in [0, 0.1) is 28.6 Å². The maximum absolute atomic E-state index is 10.4. The quantitative estimate of drug-likeness (QED) is 0.650. The largest absolute Gasteiger partial charge is 0.512 e. The molecule has 0 radical (unpaired) electrons. The minimum Gasteiger partial charge on any atom is -0.512 e. The van der Waals surface area contributed by atoms with E-state index in [9.17, 15) is 10.2 Å². The number of aliphatic hydroxyl groups is 2. The number of rotatable bonds is 0. The molecule has 0 amide bonds. The van der Waals surface area contributed by atoms with Crippen LogP contribution in [0.2, 0.25) is 0 Å². The van der Waals surface area contributed by atoms with E-state index in [0.29, 0.717) is 17.6 Å². The Morgan fingerprint density at radius 2 is 1.90 bits per heavy atom. The van der Waals surface area contributed by atoms with Crippen LogP contribution in [-0.2, 0) is 0 Å². The van der Waals surface area contributed by atoms with Gasteiger partial charge in [-0.15, -0.1) is 0 Å². The van der Waals surface area contributed by atoms with E-state index in [2.05, 4.69) is 26.0 Å². The minimum absolute atomic E-state index is 0.0696. The fourth-order valence-corrected chi connectivity index (χ4v) is 6.43. The highest BCUT2D eigenvalue weighted by Gasteiger charge is 2.58. The fourth-order valence-electron chi connectivity index (χ4n) is 6.43. The molecule has 4 aliphatic rings. The summed E-state index contributed by atoms with van der Waals surface area (Å²) in [5.41, 5.74) is 1.53. The molecule has 4 aliphatic carbocycles. The molecule has 2 heteroatoms. The number of aliphatic hydroxyl groups excluding tert-OH is 2. The predicted molar refractivity (Wildman–Crippen MR) is 83.8 cm³/mol. The molecule has 0 saturated heterocycles.